The molecule has 0 aliphatic heterocycles. The third kappa shape index (κ3) is 4.20. The second kappa shape index (κ2) is 5.65. The molecular weight excluding hydrogens is 273 g/mol. The van der Waals surface area contributed by atoms with Crippen LogP contribution in [0.1, 0.15) is 46.1 Å². The van der Waals surface area contributed by atoms with Gasteiger partial charge in [-0.15, -0.1) is 0 Å². The van der Waals surface area contributed by atoms with Gasteiger partial charge in [0.05, 0.1) is 5.02 Å². The topological polar surface area (TPSA) is 12.0 Å². The molecule has 0 bridgehead atoms. The van der Waals surface area contributed by atoms with Gasteiger partial charge in [-0.05, 0) is 69.1 Å². The fourth-order valence-corrected chi connectivity index (χ4v) is 2.83. The number of hydrogen-bond acceptors (Lipinski definition) is 1. The fourth-order valence-electron chi connectivity index (χ4n) is 2.71. The van der Waals surface area contributed by atoms with Gasteiger partial charge >= 0.3 is 0 Å². The molecule has 1 N–H and O–H groups in total. The first kappa shape index (κ1) is 15.8. The summed E-state index contributed by atoms with van der Waals surface area (Å²) >= 11 is 5.76. The average Bonchev–Trinajstić information content (AvgIpc) is 3.15. The standard InChI is InChI=1S/C17H25ClFN/c1-16(2,3)20-11-17(4,13-6-7-13)10-12-5-8-14(18)15(19)9-12/h5,8-9,13,20H,6-7,10-11H2,1-4H3. The zero-order valence-electron chi connectivity index (χ0n) is 12.9. The second-order valence-corrected chi connectivity index (χ2v) is 7.86. The van der Waals surface area contributed by atoms with Crippen LogP contribution in [0.2, 0.25) is 5.02 Å². The first-order valence-electron chi connectivity index (χ1n) is 7.39. The van der Waals surface area contributed by atoms with Crippen LogP contribution in [0.4, 0.5) is 4.39 Å². The van der Waals surface area contributed by atoms with Gasteiger partial charge in [0.15, 0.2) is 0 Å². The first-order valence-corrected chi connectivity index (χ1v) is 7.76. The van der Waals surface area contributed by atoms with Crippen molar-refractivity contribution in [2.75, 3.05) is 6.54 Å². The lowest BCUT2D eigenvalue weighted by Crippen LogP contribution is -2.44. The van der Waals surface area contributed by atoms with Crippen molar-refractivity contribution in [1.82, 2.24) is 5.32 Å². The molecular formula is C17H25ClFN. The molecule has 1 fully saturated rings. The Labute approximate surface area is 126 Å². The average molecular weight is 298 g/mol. The summed E-state index contributed by atoms with van der Waals surface area (Å²) in [5.41, 5.74) is 1.34. The van der Waals surface area contributed by atoms with E-state index in [4.69, 9.17) is 11.6 Å². The maximum atomic E-state index is 13.6. The zero-order chi connectivity index (χ0) is 15.0. The molecule has 20 heavy (non-hydrogen) atoms. The van der Waals surface area contributed by atoms with Crippen LogP contribution in [-0.2, 0) is 6.42 Å². The van der Waals surface area contributed by atoms with Crippen molar-refractivity contribution in [3.8, 4) is 0 Å². The maximum absolute atomic E-state index is 13.6. The molecule has 0 saturated heterocycles. The Morgan fingerprint density at radius 3 is 2.40 bits per heavy atom. The SMILES string of the molecule is CC(C)(C)NCC(C)(Cc1ccc(Cl)c(F)c1)C1CC1. The van der Waals surface area contributed by atoms with Crippen LogP contribution < -0.4 is 5.32 Å². The molecule has 1 aromatic rings. The Morgan fingerprint density at radius 2 is 1.90 bits per heavy atom. The van der Waals surface area contributed by atoms with Crippen LogP contribution in [0.25, 0.3) is 0 Å². The quantitative estimate of drug-likeness (QED) is 0.821. The maximum Gasteiger partial charge on any atom is 0.142 e. The van der Waals surface area contributed by atoms with Gasteiger partial charge < -0.3 is 5.32 Å². The van der Waals surface area contributed by atoms with E-state index < -0.39 is 0 Å². The third-order valence-corrected chi connectivity index (χ3v) is 4.48. The van der Waals surface area contributed by atoms with E-state index in [2.05, 4.69) is 33.0 Å². The van der Waals surface area contributed by atoms with Gasteiger partial charge in [0, 0.05) is 12.1 Å². The summed E-state index contributed by atoms with van der Waals surface area (Å²) in [6, 6.07) is 5.19. The molecule has 1 aliphatic rings. The molecule has 1 aliphatic carbocycles. The summed E-state index contributed by atoms with van der Waals surface area (Å²) in [7, 11) is 0. The molecule has 2 rings (SSSR count). The smallest absolute Gasteiger partial charge is 0.142 e. The van der Waals surface area contributed by atoms with Crippen molar-refractivity contribution in [3.05, 3.63) is 34.6 Å². The van der Waals surface area contributed by atoms with Gasteiger partial charge in [-0.25, -0.2) is 4.39 Å². The van der Waals surface area contributed by atoms with Gasteiger partial charge in [0.25, 0.3) is 0 Å². The van der Waals surface area contributed by atoms with Crippen molar-refractivity contribution < 1.29 is 4.39 Å². The Bertz CT molecular complexity index is 476. The lowest BCUT2D eigenvalue weighted by Gasteiger charge is -2.34. The highest BCUT2D eigenvalue weighted by atomic mass is 35.5. The van der Waals surface area contributed by atoms with Crippen molar-refractivity contribution in [3.63, 3.8) is 0 Å². The van der Waals surface area contributed by atoms with E-state index in [1.807, 2.05) is 6.07 Å². The minimum atomic E-state index is -0.314. The fraction of sp³-hybridized carbons (Fsp3) is 0.647. The normalized spacial score (nSPS) is 18.9. The van der Waals surface area contributed by atoms with Crippen LogP contribution in [0.15, 0.2) is 18.2 Å². The van der Waals surface area contributed by atoms with Crippen LogP contribution in [0.3, 0.4) is 0 Å². The van der Waals surface area contributed by atoms with E-state index in [-0.39, 0.29) is 21.8 Å². The molecule has 1 unspecified atom stereocenters. The molecule has 3 heteroatoms. The van der Waals surface area contributed by atoms with E-state index in [1.165, 1.54) is 12.8 Å². The largest absolute Gasteiger partial charge is 0.312 e. The molecule has 0 radical (unpaired) electrons. The summed E-state index contributed by atoms with van der Waals surface area (Å²) in [6.07, 6.45) is 3.48. The molecule has 1 atom stereocenters. The summed E-state index contributed by atoms with van der Waals surface area (Å²) in [5.74, 6) is 0.433. The molecule has 0 spiro atoms. The number of rotatable bonds is 5. The van der Waals surface area contributed by atoms with Crippen LogP contribution in [0.5, 0.6) is 0 Å². The molecule has 0 heterocycles. The Hall–Kier alpha value is -0.600. The third-order valence-electron chi connectivity index (χ3n) is 4.18. The van der Waals surface area contributed by atoms with E-state index in [1.54, 1.807) is 12.1 Å². The number of benzene rings is 1. The number of nitrogens with one attached hydrogen (secondary N) is 1. The van der Waals surface area contributed by atoms with E-state index in [0.29, 0.717) is 0 Å². The minimum absolute atomic E-state index is 0.112. The van der Waals surface area contributed by atoms with Crippen LogP contribution in [-0.4, -0.2) is 12.1 Å². The van der Waals surface area contributed by atoms with E-state index in [0.717, 1.165) is 24.4 Å². The van der Waals surface area contributed by atoms with Crippen molar-refractivity contribution in [2.45, 2.75) is 52.5 Å². The molecule has 0 aromatic heterocycles. The van der Waals surface area contributed by atoms with Crippen LogP contribution >= 0.6 is 11.6 Å². The second-order valence-electron chi connectivity index (χ2n) is 7.46. The van der Waals surface area contributed by atoms with Crippen molar-refractivity contribution >= 4 is 11.6 Å². The van der Waals surface area contributed by atoms with Gasteiger partial charge in [-0.3, -0.25) is 0 Å². The lowest BCUT2D eigenvalue weighted by molar-refractivity contribution is 0.227. The highest BCUT2D eigenvalue weighted by Gasteiger charge is 2.41. The van der Waals surface area contributed by atoms with Crippen LogP contribution in [0, 0.1) is 17.2 Å². The molecule has 0 amide bonds. The molecule has 1 nitrogen and oxygen atoms in total. The highest BCUT2D eigenvalue weighted by Crippen LogP contribution is 2.47. The predicted molar refractivity (Wildman–Crippen MR) is 83.7 cm³/mol. The summed E-state index contributed by atoms with van der Waals surface area (Å²) in [6.45, 7) is 9.83. The Kier molecular flexibility index (Phi) is 4.46. The van der Waals surface area contributed by atoms with Gasteiger partial charge in [-0.1, -0.05) is 24.6 Å². The van der Waals surface area contributed by atoms with Crippen molar-refractivity contribution in [1.29, 1.82) is 0 Å². The molecule has 112 valence electrons. The van der Waals surface area contributed by atoms with Gasteiger partial charge in [0.1, 0.15) is 5.82 Å². The number of hydrogen-bond donors (Lipinski definition) is 1. The molecule has 1 saturated carbocycles. The monoisotopic (exact) mass is 297 g/mol. The highest BCUT2D eigenvalue weighted by molar-refractivity contribution is 6.30. The summed E-state index contributed by atoms with van der Waals surface area (Å²) < 4.78 is 13.6. The minimum Gasteiger partial charge on any atom is -0.312 e. The van der Waals surface area contributed by atoms with Crippen molar-refractivity contribution in [2.24, 2.45) is 11.3 Å². The Morgan fingerprint density at radius 1 is 1.25 bits per heavy atom. The van der Waals surface area contributed by atoms with E-state index >= 15 is 0 Å². The summed E-state index contributed by atoms with van der Waals surface area (Å²) in [4.78, 5) is 0. The van der Waals surface area contributed by atoms with Gasteiger partial charge in [0.2, 0.25) is 0 Å². The lowest BCUT2D eigenvalue weighted by atomic mass is 9.78. The zero-order valence-corrected chi connectivity index (χ0v) is 13.6. The van der Waals surface area contributed by atoms with E-state index in [9.17, 15) is 4.39 Å². The Balaban J connectivity index is 2.10. The first-order chi connectivity index (χ1) is 9.20. The molecule has 1 aromatic carbocycles. The van der Waals surface area contributed by atoms with Gasteiger partial charge in [-0.2, -0.15) is 0 Å². The predicted octanol–water partition coefficient (Wildman–Crippen LogP) is 4.83. The summed E-state index contributed by atoms with van der Waals surface area (Å²) in [5, 5.41) is 3.81. The number of halogens is 2.